The molecule has 0 saturated heterocycles. The Morgan fingerprint density at radius 2 is 1.38 bits per heavy atom. The second kappa shape index (κ2) is 11.0. The van der Waals surface area contributed by atoms with Gasteiger partial charge in [-0.2, -0.15) is 0 Å². The van der Waals surface area contributed by atoms with Gasteiger partial charge in [0.2, 0.25) is 0 Å². The zero-order valence-corrected chi connectivity index (χ0v) is 15.4. The molecule has 26 heavy (non-hydrogen) atoms. The minimum absolute atomic E-state index is 0.600. The van der Waals surface area contributed by atoms with Crippen LogP contribution in [-0.2, 0) is 22.7 Å². The predicted molar refractivity (Wildman–Crippen MR) is 99.8 cm³/mol. The number of hydrogen-bond acceptors (Lipinski definition) is 4. The Hall–Kier alpha value is -2.73. The van der Waals surface area contributed by atoms with E-state index in [1.807, 2.05) is 12.4 Å². The summed E-state index contributed by atoms with van der Waals surface area (Å²) in [6, 6.07) is 13.2. The van der Waals surface area contributed by atoms with E-state index in [1.54, 1.807) is 0 Å². The molecule has 2 N–H and O–H groups in total. The Kier molecular flexibility index (Phi) is 9.01. The van der Waals surface area contributed by atoms with Gasteiger partial charge in [-0.15, -0.1) is 0 Å². The molecule has 140 valence electrons. The van der Waals surface area contributed by atoms with Gasteiger partial charge >= 0.3 is 11.9 Å². The maximum absolute atomic E-state index is 9.10. The van der Waals surface area contributed by atoms with Gasteiger partial charge in [-0.25, -0.2) is 9.59 Å². The van der Waals surface area contributed by atoms with E-state index in [-0.39, 0.29) is 0 Å². The third kappa shape index (κ3) is 7.90. The van der Waals surface area contributed by atoms with E-state index in [2.05, 4.69) is 67.1 Å². The minimum Gasteiger partial charge on any atom is -0.473 e. The molecule has 6 nitrogen and oxygen atoms in total. The average molecular weight is 358 g/mol. The van der Waals surface area contributed by atoms with Gasteiger partial charge in [0.05, 0.1) is 0 Å². The predicted octanol–water partition coefficient (Wildman–Crippen LogP) is 3.38. The normalized spacial score (nSPS) is 10.3. The van der Waals surface area contributed by atoms with E-state index in [9.17, 15) is 0 Å². The highest BCUT2D eigenvalue weighted by Crippen LogP contribution is 2.16. The van der Waals surface area contributed by atoms with Crippen LogP contribution in [0.15, 0.2) is 48.8 Å². The zero-order valence-electron chi connectivity index (χ0n) is 15.4. The molecular formula is C20H26N2O4. The molecule has 0 aliphatic heterocycles. The van der Waals surface area contributed by atoms with E-state index in [4.69, 9.17) is 19.8 Å². The Morgan fingerprint density at radius 1 is 0.923 bits per heavy atom. The number of carbonyl (C=O) groups is 2. The van der Waals surface area contributed by atoms with E-state index < -0.39 is 11.9 Å². The Morgan fingerprint density at radius 3 is 1.77 bits per heavy atom. The average Bonchev–Trinajstić information content (AvgIpc) is 2.63. The number of benzene rings is 1. The molecule has 1 heterocycles. The molecule has 0 saturated carbocycles. The lowest BCUT2D eigenvalue weighted by atomic mass is 10.0. The van der Waals surface area contributed by atoms with Crippen LogP contribution in [-0.4, -0.2) is 38.6 Å². The number of carboxylic acids is 2. The fourth-order valence-electron chi connectivity index (χ4n) is 2.29. The number of aromatic nitrogens is 1. The summed E-state index contributed by atoms with van der Waals surface area (Å²) in [4.78, 5) is 24.7. The lowest BCUT2D eigenvalue weighted by Crippen LogP contribution is -2.22. The fourth-order valence-corrected chi connectivity index (χ4v) is 2.29. The van der Waals surface area contributed by atoms with E-state index >= 15 is 0 Å². The van der Waals surface area contributed by atoms with Crippen LogP contribution in [0.2, 0.25) is 0 Å². The number of hydrogen-bond donors (Lipinski definition) is 2. The molecule has 6 heteroatoms. The van der Waals surface area contributed by atoms with Crippen molar-refractivity contribution in [3.05, 3.63) is 65.5 Å². The monoisotopic (exact) mass is 358 g/mol. The summed E-state index contributed by atoms with van der Waals surface area (Å²) < 4.78 is 0. The number of pyridine rings is 1. The molecule has 0 aliphatic carbocycles. The molecule has 0 fully saturated rings. The molecule has 2 aromatic rings. The van der Waals surface area contributed by atoms with Crippen LogP contribution in [0.5, 0.6) is 0 Å². The van der Waals surface area contributed by atoms with Gasteiger partial charge in [-0.05, 0) is 41.3 Å². The topological polar surface area (TPSA) is 90.7 Å². The molecular weight excluding hydrogens is 332 g/mol. The highest BCUT2D eigenvalue weighted by atomic mass is 16.4. The van der Waals surface area contributed by atoms with Gasteiger partial charge < -0.3 is 10.2 Å². The molecule has 0 atom stereocenters. The molecule has 1 aromatic heterocycles. The van der Waals surface area contributed by atoms with Crippen molar-refractivity contribution in [3.8, 4) is 0 Å². The number of rotatable bonds is 6. The largest absolute Gasteiger partial charge is 0.473 e. The third-order valence-corrected chi connectivity index (χ3v) is 3.84. The van der Waals surface area contributed by atoms with Crippen LogP contribution < -0.4 is 0 Å². The lowest BCUT2D eigenvalue weighted by molar-refractivity contribution is -0.159. The Labute approximate surface area is 154 Å². The van der Waals surface area contributed by atoms with E-state index in [0.29, 0.717) is 5.92 Å². The van der Waals surface area contributed by atoms with Gasteiger partial charge in [0.1, 0.15) is 0 Å². The first-order valence-electron chi connectivity index (χ1n) is 8.49. The van der Waals surface area contributed by atoms with Crippen LogP contribution in [0.3, 0.4) is 0 Å². The number of carboxylic acid groups (broad SMARTS) is 2. The first-order chi connectivity index (χ1) is 12.3. The molecule has 0 radical (unpaired) electrons. The van der Waals surface area contributed by atoms with Gasteiger partial charge in [-0.1, -0.05) is 45.0 Å². The van der Waals surface area contributed by atoms with Crippen molar-refractivity contribution in [2.24, 2.45) is 0 Å². The summed E-state index contributed by atoms with van der Waals surface area (Å²) in [6.45, 7) is 9.70. The SMILES string of the molecule is CCN(Cc1ccncc1)Cc1ccc(C(C)C)cc1.O=C(O)C(=O)O. The molecule has 0 unspecified atom stereocenters. The molecule has 1 aromatic carbocycles. The van der Waals surface area contributed by atoms with Crippen molar-refractivity contribution in [1.82, 2.24) is 9.88 Å². The first-order valence-corrected chi connectivity index (χ1v) is 8.49. The maximum Gasteiger partial charge on any atom is 0.414 e. The van der Waals surface area contributed by atoms with Crippen molar-refractivity contribution in [1.29, 1.82) is 0 Å². The number of aliphatic carboxylic acids is 2. The fraction of sp³-hybridized carbons (Fsp3) is 0.350. The highest BCUT2D eigenvalue weighted by molar-refractivity contribution is 6.27. The molecule has 0 aliphatic rings. The van der Waals surface area contributed by atoms with Gasteiger partial charge in [0.25, 0.3) is 0 Å². The van der Waals surface area contributed by atoms with Gasteiger partial charge in [-0.3, -0.25) is 9.88 Å². The van der Waals surface area contributed by atoms with E-state index in [1.165, 1.54) is 16.7 Å². The van der Waals surface area contributed by atoms with Crippen molar-refractivity contribution >= 4 is 11.9 Å². The summed E-state index contributed by atoms with van der Waals surface area (Å²) in [5, 5.41) is 14.8. The first kappa shape index (κ1) is 21.3. The minimum atomic E-state index is -1.82. The Bertz CT molecular complexity index is 673. The standard InChI is InChI=1S/C18H24N2.C2H2O4/c1-4-20(14-17-9-11-19-12-10-17)13-16-5-7-18(8-6-16)15(2)3;3-1(4)2(5)6/h5-12,15H,4,13-14H2,1-3H3;(H,3,4)(H,5,6). The van der Waals surface area contributed by atoms with Crippen LogP contribution in [0.1, 0.15) is 43.4 Å². The summed E-state index contributed by atoms with van der Waals surface area (Å²) in [7, 11) is 0. The Balaban J connectivity index is 0.000000487. The second-order valence-electron chi connectivity index (χ2n) is 6.17. The third-order valence-electron chi connectivity index (χ3n) is 3.84. The van der Waals surface area contributed by atoms with Crippen molar-refractivity contribution in [2.75, 3.05) is 6.54 Å². The van der Waals surface area contributed by atoms with Crippen molar-refractivity contribution < 1.29 is 19.8 Å². The molecule has 0 bridgehead atoms. The maximum atomic E-state index is 9.10. The second-order valence-corrected chi connectivity index (χ2v) is 6.17. The lowest BCUT2D eigenvalue weighted by Gasteiger charge is -2.20. The molecule has 0 spiro atoms. The van der Waals surface area contributed by atoms with Crippen molar-refractivity contribution in [2.45, 2.75) is 39.8 Å². The quantitative estimate of drug-likeness (QED) is 0.769. The van der Waals surface area contributed by atoms with Crippen molar-refractivity contribution in [3.63, 3.8) is 0 Å². The van der Waals surface area contributed by atoms with E-state index in [0.717, 1.165) is 19.6 Å². The summed E-state index contributed by atoms with van der Waals surface area (Å²) in [6.07, 6.45) is 3.72. The highest BCUT2D eigenvalue weighted by Gasteiger charge is 2.06. The van der Waals surface area contributed by atoms with Crippen LogP contribution in [0, 0.1) is 0 Å². The summed E-state index contributed by atoms with van der Waals surface area (Å²) in [5.74, 6) is -3.05. The summed E-state index contributed by atoms with van der Waals surface area (Å²) in [5.41, 5.74) is 4.11. The van der Waals surface area contributed by atoms with Crippen LogP contribution >= 0.6 is 0 Å². The smallest absolute Gasteiger partial charge is 0.414 e. The van der Waals surface area contributed by atoms with Crippen LogP contribution in [0.4, 0.5) is 0 Å². The van der Waals surface area contributed by atoms with Gasteiger partial charge in [0.15, 0.2) is 0 Å². The summed E-state index contributed by atoms with van der Waals surface area (Å²) >= 11 is 0. The molecule has 2 rings (SSSR count). The van der Waals surface area contributed by atoms with Crippen LogP contribution in [0.25, 0.3) is 0 Å². The number of nitrogens with zero attached hydrogens (tertiary/aromatic N) is 2. The zero-order chi connectivity index (χ0) is 19.5. The molecule has 0 amide bonds. The van der Waals surface area contributed by atoms with Gasteiger partial charge in [0, 0.05) is 25.5 Å².